The largest absolute Gasteiger partial charge is 0.456 e. The second-order valence-corrected chi connectivity index (χ2v) is 18.5. The van der Waals surface area contributed by atoms with Crippen molar-refractivity contribution >= 4 is 35.8 Å². The van der Waals surface area contributed by atoms with E-state index in [4.69, 9.17) is 28.4 Å². The first-order valence-electron chi connectivity index (χ1n) is 20.0. The molecule has 2 bridgehead atoms. The minimum absolute atomic E-state index is 0.00510. The molecule has 1 aliphatic heterocycles. The number of aliphatic hydroxyl groups is 3. The summed E-state index contributed by atoms with van der Waals surface area (Å²) in [4.78, 5) is 82.3. The van der Waals surface area contributed by atoms with Crippen molar-refractivity contribution in [3.8, 4) is 0 Å². The Hall–Kier alpha value is -4.38. The second kappa shape index (κ2) is 16.2. The molecule has 1 saturated heterocycles. The number of rotatable bonds is 10. The molecule has 7 unspecified atom stereocenters. The molecule has 1 amide bonds. The van der Waals surface area contributed by atoms with E-state index < -0.39 is 118 Å². The number of carbonyl (C=O) groups is 6. The zero-order chi connectivity index (χ0) is 44.2. The summed E-state index contributed by atoms with van der Waals surface area (Å²) in [6, 6.07) is 6.66. The highest BCUT2D eigenvalue weighted by molar-refractivity contribution is 5.95. The van der Waals surface area contributed by atoms with Crippen LogP contribution in [0.2, 0.25) is 0 Å². The highest BCUT2D eigenvalue weighted by Crippen LogP contribution is 2.64. The molecule has 3 aliphatic carbocycles. The number of hydrogen-bond donors (Lipinski definition) is 4. The maximum atomic E-state index is 15.4. The number of carbonyl (C=O) groups excluding carboxylic acids is 6. The molecule has 0 spiro atoms. The predicted molar refractivity (Wildman–Crippen MR) is 207 cm³/mol. The highest BCUT2D eigenvalue weighted by Gasteiger charge is 2.78. The number of nitrogens with one attached hydrogen (secondary N) is 1. The van der Waals surface area contributed by atoms with E-state index >= 15 is 4.79 Å². The Labute approximate surface area is 344 Å². The Morgan fingerprint density at radius 2 is 1.61 bits per heavy atom. The lowest BCUT2D eigenvalue weighted by atomic mass is 9.44. The van der Waals surface area contributed by atoms with E-state index in [9.17, 15) is 39.3 Å². The Balaban J connectivity index is 1.72. The third kappa shape index (κ3) is 8.25. The molecule has 1 aromatic carbocycles. The van der Waals surface area contributed by atoms with E-state index in [2.05, 4.69) is 5.32 Å². The average Bonchev–Trinajstić information content (AvgIpc) is 3.11. The number of ketones is 1. The molecule has 1 aromatic rings. The summed E-state index contributed by atoms with van der Waals surface area (Å²) < 4.78 is 35.5. The molecule has 326 valence electrons. The number of amides is 1. The topological polar surface area (TPSA) is 231 Å². The van der Waals surface area contributed by atoms with Crippen molar-refractivity contribution in [3.05, 3.63) is 47.0 Å². The van der Waals surface area contributed by atoms with E-state index in [0.29, 0.717) is 0 Å². The van der Waals surface area contributed by atoms with Gasteiger partial charge < -0.3 is 49.1 Å². The maximum absolute atomic E-state index is 15.4. The summed E-state index contributed by atoms with van der Waals surface area (Å²) in [5.74, 6) is -6.31. The van der Waals surface area contributed by atoms with Crippen LogP contribution in [-0.4, -0.2) is 117 Å². The fraction of sp³-hybridized carbons (Fsp3) is 0.674. The molecule has 3 fully saturated rings. The van der Waals surface area contributed by atoms with Crippen molar-refractivity contribution in [1.82, 2.24) is 5.32 Å². The van der Waals surface area contributed by atoms with Crippen molar-refractivity contribution in [2.45, 2.75) is 155 Å². The summed E-state index contributed by atoms with van der Waals surface area (Å²) in [6.07, 6.45) is -11.1. The van der Waals surface area contributed by atoms with Gasteiger partial charge >= 0.3 is 30.0 Å². The number of Topliss-reactive ketones (excluding diaryl/α,β-unsaturated/α-hetero) is 1. The van der Waals surface area contributed by atoms with Crippen molar-refractivity contribution in [1.29, 1.82) is 0 Å². The molecule has 5 rings (SSSR count). The SMILES string of the molecule is CC(=O)OC1C(=O)C2(C)C(O)CC3OC[C@@]3(OC(C)=O)C2C(OC(=O)c2ccccc2)C2(O)C[C@H](OC(=O)[C@H](O)[C@H](CC(C)C)NC(=O)OC(C)(C)C)C(C)=C1C2(C)C. The molecule has 16 heteroatoms. The van der Waals surface area contributed by atoms with Gasteiger partial charge in [-0.1, -0.05) is 45.9 Å². The van der Waals surface area contributed by atoms with Crippen LogP contribution >= 0.6 is 0 Å². The van der Waals surface area contributed by atoms with Gasteiger partial charge in [0, 0.05) is 32.1 Å². The maximum Gasteiger partial charge on any atom is 0.407 e. The van der Waals surface area contributed by atoms with Gasteiger partial charge in [-0.15, -0.1) is 0 Å². The third-order valence-electron chi connectivity index (χ3n) is 12.5. The lowest BCUT2D eigenvalue weighted by Gasteiger charge is -2.67. The molecule has 16 nitrogen and oxygen atoms in total. The molecule has 1 heterocycles. The summed E-state index contributed by atoms with van der Waals surface area (Å²) in [5, 5.41) is 39.6. The summed E-state index contributed by atoms with van der Waals surface area (Å²) in [6.45, 7) is 16.6. The second-order valence-electron chi connectivity index (χ2n) is 18.5. The van der Waals surface area contributed by atoms with Gasteiger partial charge in [0.15, 0.2) is 23.6 Å². The number of aliphatic hydroxyl groups excluding tert-OH is 2. The van der Waals surface area contributed by atoms with Crippen molar-refractivity contribution in [2.24, 2.45) is 22.7 Å². The van der Waals surface area contributed by atoms with Crippen LogP contribution in [0.3, 0.4) is 0 Å². The molecular weight excluding hydrogens is 770 g/mol. The first-order valence-corrected chi connectivity index (χ1v) is 20.0. The smallest absolute Gasteiger partial charge is 0.407 e. The highest BCUT2D eigenvalue weighted by atomic mass is 16.6. The zero-order valence-electron chi connectivity index (χ0n) is 35.7. The van der Waals surface area contributed by atoms with Crippen molar-refractivity contribution in [3.63, 3.8) is 0 Å². The fourth-order valence-electron chi connectivity index (χ4n) is 9.63. The number of alkyl carbamates (subject to hydrolysis) is 1. The van der Waals surface area contributed by atoms with E-state index in [1.54, 1.807) is 52.8 Å². The van der Waals surface area contributed by atoms with Gasteiger partial charge in [-0.25, -0.2) is 14.4 Å². The van der Waals surface area contributed by atoms with Gasteiger partial charge in [-0.2, -0.15) is 0 Å². The number of hydrogen-bond acceptors (Lipinski definition) is 15. The minimum atomic E-state index is -2.37. The lowest BCUT2D eigenvalue weighted by Crippen LogP contribution is -2.82. The van der Waals surface area contributed by atoms with Crippen LogP contribution < -0.4 is 5.32 Å². The van der Waals surface area contributed by atoms with Crippen molar-refractivity contribution < 1.29 is 72.5 Å². The number of fused-ring (bicyclic) bond motifs is 5. The quantitative estimate of drug-likeness (QED) is 0.150. The predicted octanol–water partition coefficient (Wildman–Crippen LogP) is 3.50. The number of ether oxygens (including phenoxy) is 6. The molecule has 59 heavy (non-hydrogen) atoms. The van der Waals surface area contributed by atoms with E-state index in [0.717, 1.165) is 13.8 Å². The molecule has 4 N–H and O–H groups in total. The lowest BCUT2D eigenvalue weighted by molar-refractivity contribution is -0.346. The monoisotopic (exact) mass is 829 g/mol. The van der Waals surface area contributed by atoms with Crippen LogP contribution in [0.25, 0.3) is 0 Å². The van der Waals surface area contributed by atoms with Gasteiger partial charge in [-0.3, -0.25) is 14.4 Å². The van der Waals surface area contributed by atoms with Gasteiger partial charge in [-0.05, 0) is 70.2 Å². The fourth-order valence-corrected chi connectivity index (χ4v) is 9.63. The molecule has 0 radical (unpaired) electrons. The Morgan fingerprint density at radius 3 is 2.14 bits per heavy atom. The van der Waals surface area contributed by atoms with Gasteiger partial charge in [0.2, 0.25) is 0 Å². The average molecular weight is 830 g/mol. The molecule has 0 aromatic heterocycles. The molecule has 11 atom stereocenters. The van der Waals surface area contributed by atoms with Gasteiger partial charge in [0.25, 0.3) is 0 Å². The number of benzene rings is 1. The summed E-state index contributed by atoms with van der Waals surface area (Å²) >= 11 is 0. The van der Waals surface area contributed by atoms with E-state index in [-0.39, 0.29) is 42.1 Å². The normalized spacial score (nSPS) is 33.4. The minimum Gasteiger partial charge on any atom is -0.456 e. The van der Waals surface area contributed by atoms with Crippen LogP contribution in [0.15, 0.2) is 41.5 Å². The van der Waals surface area contributed by atoms with Crippen LogP contribution in [0.1, 0.15) is 106 Å². The molecule has 2 saturated carbocycles. The van der Waals surface area contributed by atoms with Crippen LogP contribution in [-0.2, 0) is 47.6 Å². The molecular formula is C43H59NO15. The van der Waals surface area contributed by atoms with E-state index in [1.807, 2.05) is 13.8 Å². The van der Waals surface area contributed by atoms with Crippen LogP contribution in [0.5, 0.6) is 0 Å². The van der Waals surface area contributed by atoms with Crippen molar-refractivity contribution in [2.75, 3.05) is 6.61 Å². The van der Waals surface area contributed by atoms with Crippen LogP contribution in [0.4, 0.5) is 4.79 Å². The Morgan fingerprint density at radius 1 is 0.983 bits per heavy atom. The Kier molecular flexibility index (Phi) is 12.6. The van der Waals surface area contributed by atoms with Crippen LogP contribution in [0, 0.1) is 22.7 Å². The zero-order valence-corrected chi connectivity index (χ0v) is 35.7. The third-order valence-corrected chi connectivity index (χ3v) is 12.5. The standard InChI is InChI=1S/C43H59NO15/c1-21(2)17-26(44-38(52)59-39(6,7)8)31(48)37(51)56-27-19-43(53)35(57-36(50)25-15-13-12-14-16-25)33-41(11,28(47)18-29-42(33,20-54-29)58-24(5)46)34(49)32(55-23(4)45)30(22(27)3)40(43,9)10/h12-16,21,26-29,31-33,35,47-48,53H,17-20H2,1-11H3,(H,44,52)/t26-,27-,28?,29?,31+,32?,33?,35?,41?,42-,43?/m0/s1. The number of esters is 4. The van der Waals surface area contributed by atoms with Gasteiger partial charge in [0.1, 0.15) is 29.5 Å². The summed E-state index contributed by atoms with van der Waals surface area (Å²) in [7, 11) is 0. The van der Waals surface area contributed by atoms with E-state index in [1.165, 1.54) is 26.0 Å². The molecule has 4 aliphatic rings. The Bertz CT molecular complexity index is 1870. The first-order chi connectivity index (χ1) is 27.2. The first kappa shape index (κ1) is 45.7. The summed E-state index contributed by atoms with van der Waals surface area (Å²) in [5.41, 5.74) is -8.45. The van der Waals surface area contributed by atoms with Gasteiger partial charge in [0.05, 0.1) is 35.6 Å².